The molecule has 7 nitrogen and oxygen atoms in total. The van der Waals surface area contributed by atoms with E-state index in [1.54, 1.807) is 24.3 Å². The van der Waals surface area contributed by atoms with Crippen molar-refractivity contribution in [3.8, 4) is 22.1 Å². The fourth-order valence-electron chi connectivity index (χ4n) is 3.07. The number of anilines is 1. The van der Waals surface area contributed by atoms with E-state index >= 15 is 0 Å². The first kappa shape index (κ1) is 20.4. The van der Waals surface area contributed by atoms with Gasteiger partial charge in [-0.3, -0.25) is 14.9 Å². The first-order valence-corrected chi connectivity index (χ1v) is 11.1. The van der Waals surface area contributed by atoms with Gasteiger partial charge in [0.15, 0.2) is 16.6 Å². The van der Waals surface area contributed by atoms with Gasteiger partial charge in [-0.15, -0.1) is 22.7 Å². The van der Waals surface area contributed by atoms with Crippen LogP contribution in [0.1, 0.15) is 23.6 Å². The minimum atomic E-state index is -0.765. The monoisotopic (exact) mass is 443 g/mol. The van der Waals surface area contributed by atoms with Crippen LogP contribution >= 0.6 is 22.7 Å². The van der Waals surface area contributed by atoms with Gasteiger partial charge in [-0.1, -0.05) is 12.1 Å². The molecule has 156 valence electrons. The lowest BCUT2D eigenvalue weighted by atomic mass is 10.1. The number of rotatable bonds is 5. The molecule has 0 saturated carbocycles. The van der Waals surface area contributed by atoms with E-state index < -0.39 is 12.2 Å². The van der Waals surface area contributed by atoms with Crippen LogP contribution in [0.2, 0.25) is 0 Å². The molecule has 0 radical (unpaired) electrons. The summed E-state index contributed by atoms with van der Waals surface area (Å²) in [5.41, 5.74) is 0.827. The maximum absolute atomic E-state index is 12.8. The summed E-state index contributed by atoms with van der Waals surface area (Å²) in [6.45, 7) is 5.76. The largest absolute Gasteiger partial charge is 0.482 e. The lowest BCUT2D eigenvalue weighted by Gasteiger charge is -2.30. The minimum Gasteiger partial charge on any atom is -0.482 e. The van der Waals surface area contributed by atoms with Crippen molar-refractivity contribution in [1.29, 1.82) is 0 Å². The van der Waals surface area contributed by atoms with Crippen molar-refractivity contribution in [2.75, 3.05) is 5.32 Å². The lowest BCUT2D eigenvalue weighted by molar-refractivity contribution is -0.128. The van der Waals surface area contributed by atoms with E-state index in [1.165, 1.54) is 18.3 Å². The zero-order valence-corrected chi connectivity index (χ0v) is 18.4. The fraction of sp³-hybridized carbons (Fsp3) is 0.286. The molecule has 2 N–H and O–H groups in total. The zero-order chi connectivity index (χ0) is 21.3. The third-order valence-corrected chi connectivity index (χ3v) is 6.51. The van der Waals surface area contributed by atoms with Gasteiger partial charge in [0.1, 0.15) is 6.10 Å². The van der Waals surface area contributed by atoms with Crippen LogP contribution in [0.5, 0.6) is 11.5 Å². The average Bonchev–Trinajstić information content (AvgIpc) is 3.32. The Kier molecular flexibility index (Phi) is 5.74. The van der Waals surface area contributed by atoms with Gasteiger partial charge in [-0.2, -0.15) is 0 Å². The first-order valence-electron chi connectivity index (χ1n) is 9.45. The Hall–Kier alpha value is -2.91. The molecule has 2 atom stereocenters. The number of carbonyl (C=O) groups excluding carboxylic acids is 2. The number of amides is 2. The molecular formula is C21H21N3O4S2. The van der Waals surface area contributed by atoms with E-state index in [2.05, 4.69) is 15.6 Å². The van der Waals surface area contributed by atoms with Gasteiger partial charge >= 0.3 is 0 Å². The minimum absolute atomic E-state index is 0.0643. The van der Waals surface area contributed by atoms with Crippen molar-refractivity contribution >= 4 is 39.6 Å². The zero-order valence-electron chi connectivity index (χ0n) is 16.7. The second-order valence-electron chi connectivity index (χ2n) is 6.90. The number of nitrogens with one attached hydrogen (secondary N) is 2. The topological polar surface area (TPSA) is 89.6 Å². The van der Waals surface area contributed by atoms with Gasteiger partial charge in [-0.05, 0) is 38.1 Å². The third-order valence-electron chi connectivity index (χ3n) is 4.53. The number of thiazole rings is 1. The van der Waals surface area contributed by atoms with Gasteiger partial charge < -0.3 is 14.8 Å². The van der Waals surface area contributed by atoms with E-state index in [1.807, 2.05) is 37.3 Å². The number of fused-ring (bicyclic) bond motifs is 1. The molecule has 1 aliphatic heterocycles. The maximum atomic E-state index is 12.8. The summed E-state index contributed by atoms with van der Waals surface area (Å²) in [4.78, 5) is 31.5. The van der Waals surface area contributed by atoms with Crippen molar-refractivity contribution in [2.45, 2.75) is 39.5 Å². The number of ether oxygens (including phenoxy) is 2. The van der Waals surface area contributed by atoms with Crippen molar-refractivity contribution in [3.63, 3.8) is 0 Å². The SMILES string of the molecule is CC(=O)NCc1ccc(-c2nc(NC(=O)C3Oc4ccccc4OC3C)sc2C)s1. The number of hydrogen-bond acceptors (Lipinski definition) is 7. The van der Waals surface area contributed by atoms with Crippen molar-refractivity contribution in [1.82, 2.24) is 10.3 Å². The number of aryl methyl sites for hydroxylation is 1. The summed E-state index contributed by atoms with van der Waals surface area (Å²) in [5, 5.41) is 6.17. The van der Waals surface area contributed by atoms with Gasteiger partial charge in [0.05, 0.1) is 17.1 Å². The highest BCUT2D eigenvalue weighted by atomic mass is 32.1. The number of aromatic nitrogens is 1. The Bertz CT molecular complexity index is 1090. The molecule has 0 aliphatic carbocycles. The van der Waals surface area contributed by atoms with Crippen molar-refractivity contribution < 1.29 is 19.1 Å². The molecule has 2 aromatic heterocycles. The molecule has 0 saturated heterocycles. The van der Waals surface area contributed by atoms with Crippen molar-refractivity contribution in [3.05, 3.63) is 46.2 Å². The predicted octanol–water partition coefficient (Wildman–Crippen LogP) is 3.98. The Morgan fingerprint density at radius 1 is 1.10 bits per heavy atom. The smallest absolute Gasteiger partial charge is 0.271 e. The molecule has 4 rings (SSSR count). The van der Waals surface area contributed by atoms with E-state index in [0.717, 1.165) is 20.3 Å². The number of nitrogens with zero attached hydrogens (tertiary/aromatic N) is 1. The molecule has 30 heavy (non-hydrogen) atoms. The molecule has 3 heterocycles. The highest BCUT2D eigenvalue weighted by Crippen LogP contribution is 2.36. The Labute approximate surface area is 182 Å². The third kappa shape index (κ3) is 4.31. The first-order chi connectivity index (χ1) is 14.4. The fourth-order valence-corrected chi connectivity index (χ4v) is 4.96. The van der Waals surface area contributed by atoms with Crippen molar-refractivity contribution in [2.24, 2.45) is 0 Å². The normalized spacial score (nSPS) is 17.4. The van der Waals surface area contributed by atoms with Gasteiger partial charge in [0.25, 0.3) is 5.91 Å². The Morgan fingerprint density at radius 2 is 1.83 bits per heavy atom. The number of thiophene rings is 1. The van der Waals surface area contributed by atoms with E-state index in [-0.39, 0.29) is 11.8 Å². The van der Waals surface area contributed by atoms with Crippen LogP contribution in [0, 0.1) is 6.92 Å². The quantitative estimate of drug-likeness (QED) is 0.623. The molecule has 0 spiro atoms. The van der Waals surface area contributed by atoms with Crippen LogP contribution in [0.3, 0.4) is 0 Å². The standard InChI is InChI=1S/C21H21N3O4S2/c1-11-19(28-16-7-5-4-6-15(16)27-11)20(26)24-21-23-18(12(2)29-21)17-9-8-14(30-17)10-22-13(3)25/h4-9,11,19H,10H2,1-3H3,(H,22,25)(H,23,24,26). The lowest BCUT2D eigenvalue weighted by Crippen LogP contribution is -2.46. The second kappa shape index (κ2) is 8.45. The summed E-state index contributed by atoms with van der Waals surface area (Å²) >= 11 is 2.98. The number of hydrogen-bond donors (Lipinski definition) is 2. The second-order valence-corrected chi connectivity index (χ2v) is 9.27. The van der Waals surface area contributed by atoms with Crippen LogP contribution < -0.4 is 20.1 Å². The summed E-state index contributed by atoms with van der Waals surface area (Å²) in [7, 11) is 0. The summed E-state index contributed by atoms with van der Waals surface area (Å²) in [6, 6.07) is 11.2. The molecular weight excluding hydrogens is 422 g/mol. The summed E-state index contributed by atoms with van der Waals surface area (Å²) in [5.74, 6) is 0.826. The van der Waals surface area contributed by atoms with Crippen LogP contribution in [-0.4, -0.2) is 29.0 Å². The highest BCUT2D eigenvalue weighted by Gasteiger charge is 2.34. The summed E-state index contributed by atoms with van der Waals surface area (Å²) < 4.78 is 11.7. The van der Waals surface area contributed by atoms with Gasteiger partial charge in [0.2, 0.25) is 12.0 Å². The molecule has 9 heteroatoms. The molecule has 0 bridgehead atoms. The maximum Gasteiger partial charge on any atom is 0.271 e. The average molecular weight is 444 g/mol. The van der Waals surface area contributed by atoms with Gasteiger partial charge in [-0.25, -0.2) is 4.98 Å². The molecule has 3 aromatic rings. The molecule has 2 amide bonds. The van der Waals surface area contributed by atoms with E-state index in [0.29, 0.717) is 23.2 Å². The Balaban J connectivity index is 1.46. The van der Waals surface area contributed by atoms with Crippen LogP contribution in [0.25, 0.3) is 10.6 Å². The van der Waals surface area contributed by atoms with Crippen LogP contribution in [0.15, 0.2) is 36.4 Å². The highest BCUT2D eigenvalue weighted by molar-refractivity contribution is 7.18. The molecule has 2 unspecified atom stereocenters. The van der Waals surface area contributed by atoms with Gasteiger partial charge in [0, 0.05) is 16.7 Å². The number of para-hydroxylation sites is 2. The summed E-state index contributed by atoms with van der Waals surface area (Å²) in [6.07, 6.45) is -1.19. The van der Waals surface area contributed by atoms with Crippen LogP contribution in [-0.2, 0) is 16.1 Å². The molecule has 1 aliphatic rings. The molecule has 0 fully saturated rings. The predicted molar refractivity (Wildman–Crippen MR) is 117 cm³/mol. The Morgan fingerprint density at radius 3 is 2.57 bits per heavy atom. The molecule has 1 aromatic carbocycles. The number of carbonyl (C=O) groups is 2. The van der Waals surface area contributed by atoms with Crippen LogP contribution in [0.4, 0.5) is 5.13 Å². The van der Waals surface area contributed by atoms with E-state index in [4.69, 9.17) is 9.47 Å². The van der Waals surface area contributed by atoms with E-state index in [9.17, 15) is 9.59 Å². The number of benzene rings is 1.